The Morgan fingerprint density at radius 3 is 3.12 bits per heavy atom. The van der Waals surface area contributed by atoms with Gasteiger partial charge in [-0.2, -0.15) is 0 Å². The van der Waals surface area contributed by atoms with Crippen LogP contribution in [0, 0.1) is 0 Å². The van der Waals surface area contributed by atoms with Crippen LogP contribution in [0.25, 0.3) is 10.9 Å². The molecule has 3 heterocycles. The molecule has 1 aliphatic heterocycles. The Balaban J connectivity index is 1.44. The number of imidazole rings is 1. The van der Waals surface area contributed by atoms with Crippen molar-refractivity contribution >= 4 is 16.8 Å². The van der Waals surface area contributed by atoms with E-state index in [4.69, 9.17) is 0 Å². The van der Waals surface area contributed by atoms with Gasteiger partial charge in [-0.3, -0.25) is 4.79 Å². The van der Waals surface area contributed by atoms with Crippen LogP contribution in [0.3, 0.4) is 0 Å². The van der Waals surface area contributed by atoms with Crippen LogP contribution in [-0.4, -0.2) is 31.9 Å². The fourth-order valence-corrected chi connectivity index (χ4v) is 3.69. The lowest BCUT2D eigenvalue weighted by molar-refractivity contribution is -0.132. The second-order valence-corrected chi connectivity index (χ2v) is 6.54. The second-order valence-electron chi connectivity index (χ2n) is 6.54. The molecule has 4 rings (SSSR count). The number of carbonyl (C=O) groups is 1. The van der Waals surface area contributed by atoms with Crippen molar-refractivity contribution in [2.75, 3.05) is 6.54 Å². The molecule has 24 heavy (non-hydrogen) atoms. The van der Waals surface area contributed by atoms with Crippen molar-refractivity contribution in [3.63, 3.8) is 0 Å². The zero-order chi connectivity index (χ0) is 16.5. The number of amides is 1. The highest BCUT2D eigenvalue weighted by molar-refractivity contribution is 5.80. The molecule has 1 amide bonds. The molecule has 1 atom stereocenters. The van der Waals surface area contributed by atoms with Gasteiger partial charge in [0, 0.05) is 44.1 Å². The topological polar surface area (TPSA) is 53.9 Å². The number of H-pyrrole nitrogens is 1. The van der Waals surface area contributed by atoms with Gasteiger partial charge < -0.3 is 14.5 Å². The summed E-state index contributed by atoms with van der Waals surface area (Å²) in [6.45, 7) is 0.840. The van der Waals surface area contributed by atoms with Gasteiger partial charge in [-0.25, -0.2) is 4.98 Å². The number of fused-ring (bicyclic) bond motifs is 1. The van der Waals surface area contributed by atoms with Crippen LogP contribution in [0.2, 0.25) is 0 Å². The number of carbonyl (C=O) groups excluding carboxylic acids is 1. The number of aromatic nitrogens is 3. The van der Waals surface area contributed by atoms with E-state index in [1.165, 1.54) is 10.9 Å². The van der Waals surface area contributed by atoms with E-state index >= 15 is 0 Å². The monoisotopic (exact) mass is 322 g/mol. The maximum absolute atomic E-state index is 12.7. The van der Waals surface area contributed by atoms with Crippen LogP contribution < -0.4 is 0 Å². The minimum absolute atomic E-state index is 0.129. The first-order valence-corrected chi connectivity index (χ1v) is 8.55. The van der Waals surface area contributed by atoms with Crippen molar-refractivity contribution in [2.24, 2.45) is 7.05 Å². The Hall–Kier alpha value is -2.56. The minimum atomic E-state index is 0.129. The second kappa shape index (κ2) is 6.15. The van der Waals surface area contributed by atoms with Gasteiger partial charge >= 0.3 is 0 Å². The molecule has 0 saturated carbocycles. The molecule has 1 N–H and O–H groups in total. The molecule has 0 radical (unpaired) electrons. The highest BCUT2D eigenvalue weighted by Crippen LogP contribution is 2.31. The SMILES string of the molecule is Cn1ccnc1C1CCCN1C(=O)CCc1ccc2[nH]ccc2c1. The normalized spacial score (nSPS) is 17.7. The third-order valence-corrected chi connectivity index (χ3v) is 4.97. The highest BCUT2D eigenvalue weighted by atomic mass is 16.2. The fraction of sp³-hybridized carbons (Fsp3) is 0.368. The highest BCUT2D eigenvalue weighted by Gasteiger charge is 2.31. The van der Waals surface area contributed by atoms with E-state index in [-0.39, 0.29) is 11.9 Å². The van der Waals surface area contributed by atoms with E-state index in [9.17, 15) is 4.79 Å². The first kappa shape index (κ1) is 15.0. The fourth-order valence-electron chi connectivity index (χ4n) is 3.69. The van der Waals surface area contributed by atoms with Crippen LogP contribution in [0.5, 0.6) is 0 Å². The molecule has 1 saturated heterocycles. The van der Waals surface area contributed by atoms with Crippen LogP contribution >= 0.6 is 0 Å². The number of rotatable bonds is 4. The van der Waals surface area contributed by atoms with Gasteiger partial charge in [-0.1, -0.05) is 6.07 Å². The van der Waals surface area contributed by atoms with Gasteiger partial charge in [0.2, 0.25) is 5.91 Å². The van der Waals surface area contributed by atoms with Gasteiger partial charge in [0.25, 0.3) is 0 Å². The number of likely N-dealkylation sites (tertiary alicyclic amines) is 1. The summed E-state index contributed by atoms with van der Waals surface area (Å²) in [4.78, 5) is 22.4. The summed E-state index contributed by atoms with van der Waals surface area (Å²) in [5.74, 6) is 1.23. The number of aromatic amines is 1. The number of nitrogens with one attached hydrogen (secondary N) is 1. The Morgan fingerprint density at radius 1 is 1.38 bits per heavy atom. The number of nitrogens with zero attached hydrogens (tertiary/aromatic N) is 3. The van der Waals surface area contributed by atoms with Crippen molar-refractivity contribution in [3.05, 3.63) is 54.2 Å². The summed E-state index contributed by atoms with van der Waals surface area (Å²) in [5.41, 5.74) is 2.35. The third-order valence-electron chi connectivity index (χ3n) is 4.97. The van der Waals surface area contributed by atoms with Gasteiger partial charge in [0.15, 0.2) is 0 Å². The molecular weight excluding hydrogens is 300 g/mol. The minimum Gasteiger partial charge on any atom is -0.361 e. The zero-order valence-electron chi connectivity index (χ0n) is 13.9. The number of hydrogen-bond acceptors (Lipinski definition) is 2. The smallest absolute Gasteiger partial charge is 0.223 e. The van der Waals surface area contributed by atoms with Crippen LogP contribution in [-0.2, 0) is 18.3 Å². The van der Waals surface area contributed by atoms with Crippen LogP contribution in [0.1, 0.15) is 36.7 Å². The first-order valence-electron chi connectivity index (χ1n) is 8.55. The quantitative estimate of drug-likeness (QED) is 0.802. The molecule has 5 heteroatoms. The van der Waals surface area contributed by atoms with Crippen molar-refractivity contribution in [1.82, 2.24) is 19.4 Å². The summed E-state index contributed by atoms with van der Waals surface area (Å²) < 4.78 is 2.02. The average Bonchev–Trinajstić information content (AvgIpc) is 3.31. The molecular formula is C19H22N4O. The van der Waals surface area contributed by atoms with Crippen LogP contribution in [0.4, 0.5) is 0 Å². The molecule has 1 aromatic carbocycles. The van der Waals surface area contributed by atoms with E-state index in [1.54, 1.807) is 0 Å². The predicted octanol–water partition coefficient (Wildman–Crippen LogP) is 3.20. The molecule has 1 fully saturated rings. The van der Waals surface area contributed by atoms with Crippen molar-refractivity contribution in [3.8, 4) is 0 Å². The van der Waals surface area contributed by atoms with E-state index < -0.39 is 0 Å². The lowest BCUT2D eigenvalue weighted by atomic mass is 10.1. The number of hydrogen-bond donors (Lipinski definition) is 1. The summed E-state index contributed by atoms with van der Waals surface area (Å²) in [6.07, 6.45) is 9.09. The van der Waals surface area contributed by atoms with Crippen molar-refractivity contribution in [1.29, 1.82) is 0 Å². The van der Waals surface area contributed by atoms with Crippen molar-refractivity contribution < 1.29 is 4.79 Å². The van der Waals surface area contributed by atoms with E-state index in [0.717, 1.165) is 37.1 Å². The Bertz CT molecular complexity index is 863. The Labute approximate surface area is 141 Å². The number of benzene rings is 1. The summed E-state index contributed by atoms with van der Waals surface area (Å²) in [6, 6.07) is 8.55. The van der Waals surface area contributed by atoms with Gasteiger partial charge in [0.05, 0.1) is 6.04 Å². The standard InChI is InChI=1S/C19H22N4O/c1-22-12-10-21-19(22)17-3-2-11-23(17)18(24)7-5-14-4-6-16-15(13-14)8-9-20-16/h4,6,8-10,12-13,17,20H,2-3,5,7,11H2,1H3. The lowest BCUT2D eigenvalue weighted by Gasteiger charge is -2.24. The number of aryl methyl sites for hydroxylation is 2. The average molecular weight is 322 g/mol. The third kappa shape index (κ3) is 2.70. The molecule has 0 spiro atoms. The van der Waals surface area contributed by atoms with Crippen LogP contribution in [0.15, 0.2) is 42.9 Å². The largest absolute Gasteiger partial charge is 0.361 e. The van der Waals surface area contributed by atoms with Gasteiger partial charge in [0.1, 0.15) is 5.82 Å². The van der Waals surface area contributed by atoms with Gasteiger partial charge in [-0.15, -0.1) is 0 Å². The first-order chi connectivity index (χ1) is 11.7. The van der Waals surface area contributed by atoms with Crippen molar-refractivity contribution in [2.45, 2.75) is 31.7 Å². The molecule has 0 bridgehead atoms. The summed E-state index contributed by atoms with van der Waals surface area (Å²) in [7, 11) is 2.00. The molecule has 1 unspecified atom stereocenters. The molecule has 3 aromatic rings. The van der Waals surface area contributed by atoms with E-state index in [0.29, 0.717) is 6.42 Å². The Morgan fingerprint density at radius 2 is 2.29 bits per heavy atom. The van der Waals surface area contributed by atoms with Gasteiger partial charge in [-0.05, 0) is 48.4 Å². The molecule has 1 aliphatic rings. The summed E-state index contributed by atoms with van der Waals surface area (Å²) >= 11 is 0. The molecule has 2 aromatic heterocycles. The Kier molecular flexibility index (Phi) is 3.84. The lowest BCUT2D eigenvalue weighted by Crippen LogP contribution is -2.32. The zero-order valence-corrected chi connectivity index (χ0v) is 13.9. The molecule has 5 nitrogen and oxygen atoms in total. The molecule has 124 valence electrons. The summed E-state index contributed by atoms with van der Waals surface area (Å²) in [5, 5.41) is 1.20. The maximum atomic E-state index is 12.7. The van der Waals surface area contributed by atoms with E-state index in [1.807, 2.05) is 35.1 Å². The van der Waals surface area contributed by atoms with E-state index in [2.05, 4.69) is 34.2 Å². The molecule has 0 aliphatic carbocycles. The maximum Gasteiger partial charge on any atom is 0.223 e. The predicted molar refractivity (Wildman–Crippen MR) is 93.5 cm³/mol.